The Labute approximate surface area is 149 Å². The van der Waals surface area contributed by atoms with Gasteiger partial charge in [0.15, 0.2) is 0 Å². The largest absolute Gasteiger partial charge is 0.481 e. The number of hydrogen-bond donors (Lipinski definition) is 2. The van der Waals surface area contributed by atoms with Crippen molar-refractivity contribution in [2.75, 3.05) is 5.75 Å². The quantitative estimate of drug-likeness (QED) is 0.370. The van der Waals surface area contributed by atoms with Gasteiger partial charge in [0.2, 0.25) is 0 Å². The van der Waals surface area contributed by atoms with Gasteiger partial charge >= 0.3 is 11.9 Å². The Morgan fingerprint density at radius 1 is 0.792 bits per heavy atom. The molecule has 0 rings (SSSR count). The van der Waals surface area contributed by atoms with Gasteiger partial charge in [0, 0.05) is 12.2 Å². The minimum absolute atomic E-state index is 0.0495. The Morgan fingerprint density at radius 3 is 1.83 bits per heavy atom. The summed E-state index contributed by atoms with van der Waals surface area (Å²) in [5, 5.41) is 16.9. The molecule has 24 heavy (non-hydrogen) atoms. The summed E-state index contributed by atoms with van der Waals surface area (Å²) in [6.07, 6.45) is 10.6. The molecule has 0 aromatic carbocycles. The van der Waals surface area contributed by atoms with Crippen LogP contribution in [-0.4, -0.2) is 38.9 Å². The van der Waals surface area contributed by atoms with Gasteiger partial charge in [0.25, 0.3) is 0 Å². The molecule has 0 bridgehead atoms. The van der Waals surface area contributed by atoms with Gasteiger partial charge in [0.1, 0.15) is 5.78 Å². The summed E-state index contributed by atoms with van der Waals surface area (Å²) in [6, 6.07) is 0. The molecule has 0 radical (unpaired) electrons. The van der Waals surface area contributed by atoms with Crippen molar-refractivity contribution in [2.24, 2.45) is 0 Å². The molecule has 0 aliphatic rings. The average molecular weight is 361 g/mol. The topological polar surface area (TPSA) is 91.7 Å². The Bertz CT molecular complexity index is 370. The number of Topliss-reactive ketones (excluding diaryl/α,β-unsaturated/α-hetero) is 1. The van der Waals surface area contributed by atoms with E-state index < -0.39 is 17.2 Å². The molecule has 0 aliphatic carbocycles. The van der Waals surface area contributed by atoms with Crippen LogP contribution < -0.4 is 0 Å². The van der Waals surface area contributed by atoms with Crippen molar-refractivity contribution in [3.63, 3.8) is 0 Å². The molecule has 0 aliphatic heterocycles. The first-order valence-corrected chi connectivity index (χ1v) is 10.1. The number of thioether (sulfide) groups is 1. The van der Waals surface area contributed by atoms with Crippen molar-refractivity contribution in [1.82, 2.24) is 0 Å². The Hall–Kier alpha value is -1.04. The highest BCUT2D eigenvalue weighted by molar-refractivity contribution is 8.00. The molecule has 1 unspecified atom stereocenters. The molecule has 5 nitrogen and oxygen atoms in total. The van der Waals surface area contributed by atoms with Gasteiger partial charge in [-0.05, 0) is 6.42 Å². The van der Waals surface area contributed by atoms with E-state index in [2.05, 4.69) is 6.92 Å². The van der Waals surface area contributed by atoms with Crippen LogP contribution in [0.2, 0.25) is 0 Å². The third kappa shape index (κ3) is 14.5. The van der Waals surface area contributed by atoms with E-state index in [1.165, 1.54) is 38.5 Å². The highest BCUT2D eigenvalue weighted by atomic mass is 32.2. The molecule has 140 valence electrons. The third-order valence-corrected chi connectivity index (χ3v) is 5.15. The zero-order chi connectivity index (χ0) is 18.2. The van der Waals surface area contributed by atoms with E-state index in [1.54, 1.807) is 0 Å². The first-order chi connectivity index (χ1) is 11.5. The Morgan fingerprint density at radius 2 is 1.33 bits per heavy atom. The highest BCUT2D eigenvalue weighted by Crippen LogP contribution is 2.20. The van der Waals surface area contributed by atoms with Crippen LogP contribution >= 0.6 is 11.8 Å². The summed E-state index contributed by atoms with van der Waals surface area (Å²) < 4.78 is 0. The van der Waals surface area contributed by atoms with E-state index in [1.807, 2.05) is 0 Å². The van der Waals surface area contributed by atoms with Crippen LogP contribution in [0.3, 0.4) is 0 Å². The standard InChI is InChI=1S/C18H32O5S/c1-2-3-4-5-6-7-8-9-10-11-15(19)16(14-18(22)23)24-13-12-17(20)21/h16H,2-14H2,1H3,(H,20,21)(H,22,23). The van der Waals surface area contributed by atoms with E-state index >= 15 is 0 Å². The second-order valence-electron chi connectivity index (χ2n) is 6.15. The fourth-order valence-electron chi connectivity index (χ4n) is 2.48. The molecule has 1 atom stereocenters. The number of carboxylic acids is 2. The van der Waals surface area contributed by atoms with Crippen LogP contribution in [0.1, 0.15) is 84.0 Å². The van der Waals surface area contributed by atoms with Crippen LogP contribution in [0.4, 0.5) is 0 Å². The van der Waals surface area contributed by atoms with Crippen molar-refractivity contribution < 1.29 is 24.6 Å². The van der Waals surface area contributed by atoms with Crippen molar-refractivity contribution in [2.45, 2.75) is 89.2 Å². The first kappa shape index (κ1) is 23.0. The molecule has 0 saturated carbocycles. The van der Waals surface area contributed by atoms with Crippen LogP contribution in [-0.2, 0) is 14.4 Å². The first-order valence-electron chi connectivity index (χ1n) is 9.05. The lowest BCUT2D eigenvalue weighted by atomic mass is 10.0. The lowest BCUT2D eigenvalue weighted by molar-refractivity contribution is -0.138. The fraction of sp³-hybridized carbons (Fsp3) is 0.833. The molecular formula is C18H32O5S. The zero-order valence-electron chi connectivity index (χ0n) is 14.8. The van der Waals surface area contributed by atoms with Gasteiger partial charge in [-0.25, -0.2) is 0 Å². The summed E-state index contributed by atoms with van der Waals surface area (Å²) >= 11 is 1.15. The van der Waals surface area contributed by atoms with Gasteiger partial charge in [-0.2, -0.15) is 0 Å². The highest BCUT2D eigenvalue weighted by Gasteiger charge is 2.21. The molecule has 0 spiro atoms. The second kappa shape index (κ2) is 15.5. The monoisotopic (exact) mass is 360 g/mol. The van der Waals surface area contributed by atoms with E-state index in [-0.39, 0.29) is 24.4 Å². The number of ketones is 1. The number of aliphatic carboxylic acids is 2. The summed E-state index contributed by atoms with van der Waals surface area (Å²) in [5.74, 6) is -1.72. The molecule has 2 N–H and O–H groups in total. The molecule has 0 aromatic heterocycles. The molecular weight excluding hydrogens is 328 g/mol. The molecule has 0 heterocycles. The normalized spacial score (nSPS) is 12.0. The van der Waals surface area contributed by atoms with Crippen LogP contribution in [0, 0.1) is 0 Å². The lowest BCUT2D eigenvalue weighted by Gasteiger charge is -2.13. The van der Waals surface area contributed by atoms with Crippen molar-refractivity contribution in [3.05, 3.63) is 0 Å². The second-order valence-corrected chi connectivity index (χ2v) is 7.46. The third-order valence-electron chi connectivity index (χ3n) is 3.88. The predicted molar refractivity (Wildman–Crippen MR) is 97.6 cm³/mol. The summed E-state index contributed by atoms with van der Waals surface area (Å²) in [5.41, 5.74) is 0. The van der Waals surface area contributed by atoms with E-state index in [9.17, 15) is 14.4 Å². The number of unbranched alkanes of at least 4 members (excludes halogenated alkanes) is 8. The maximum Gasteiger partial charge on any atom is 0.304 e. The number of carbonyl (C=O) groups excluding carboxylic acids is 1. The van der Waals surface area contributed by atoms with Crippen molar-refractivity contribution >= 4 is 29.5 Å². The van der Waals surface area contributed by atoms with Gasteiger partial charge < -0.3 is 10.2 Å². The minimum Gasteiger partial charge on any atom is -0.481 e. The summed E-state index contributed by atoms with van der Waals surface area (Å²) in [7, 11) is 0. The predicted octanol–water partition coefficient (Wildman–Crippen LogP) is 4.53. The van der Waals surface area contributed by atoms with Gasteiger partial charge in [-0.1, -0.05) is 58.3 Å². The molecule has 0 fully saturated rings. The van der Waals surface area contributed by atoms with E-state index in [4.69, 9.17) is 10.2 Å². The van der Waals surface area contributed by atoms with E-state index in [0.29, 0.717) is 6.42 Å². The van der Waals surface area contributed by atoms with Crippen LogP contribution in [0.25, 0.3) is 0 Å². The molecule has 0 aromatic rings. The fourth-order valence-corrected chi connectivity index (χ4v) is 3.62. The number of carboxylic acid groups (broad SMARTS) is 2. The summed E-state index contributed by atoms with van der Waals surface area (Å²) in [6.45, 7) is 2.20. The van der Waals surface area contributed by atoms with E-state index in [0.717, 1.165) is 31.0 Å². The average Bonchev–Trinajstić information content (AvgIpc) is 2.51. The molecule has 0 saturated heterocycles. The Kier molecular flexibility index (Phi) is 14.8. The molecule has 0 amide bonds. The maximum absolute atomic E-state index is 12.1. The number of hydrogen-bond acceptors (Lipinski definition) is 4. The van der Waals surface area contributed by atoms with Crippen LogP contribution in [0.5, 0.6) is 0 Å². The van der Waals surface area contributed by atoms with Gasteiger partial charge in [-0.3, -0.25) is 14.4 Å². The van der Waals surface area contributed by atoms with Crippen LogP contribution in [0.15, 0.2) is 0 Å². The summed E-state index contributed by atoms with van der Waals surface area (Å²) in [4.78, 5) is 33.5. The lowest BCUT2D eigenvalue weighted by Crippen LogP contribution is -2.21. The molecule has 6 heteroatoms. The number of rotatable bonds is 17. The minimum atomic E-state index is -1.01. The van der Waals surface area contributed by atoms with Gasteiger partial charge in [-0.15, -0.1) is 11.8 Å². The SMILES string of the molecule is CCCCCCCCCCCC(=O)C(CC(=O)O)SCCC(=O)O. The smallest absolute Gasteiger partial charge is 0.304 e. The van der Waals surface area contributed by atoms with Gasteiger partial charge in [0.05, 0.1) is 18.1 Å². The maximum atomic E-state index is 12.1. The zero-order valence-corrected chi connectivity index (χ0v) is 15.6. The number of carbonyl (C=O) groups is 3. The van der Waals surface area contributed by atoms with Crippen molar-refractivity contribution in [1.29, 1.82) is 0 Å². The van der Waals surface area contributed by atoms with Crippen molar-refractivity contribution in [3.8, 4) is 0 Å². The Balaban J connectivity index is 3.84.